The van der Waals surface area contributed by atoms with E-state index in [4.69, 9.17) is 4.74 Å². The van der Waals surface area contributed by atoms with Crippen molar-refractivity contribution < 1.29 is 22.7 Å². The van der Waals surface area contributed by atoms with Crippen molar-refractivity contribution in [2.75, 3.05) is 20.2 Å². The third-order valence-electron chi connectivity index (χ3n) is 8.28. The smallest absolute Gasteiger partial charge is 0.243 e. The monoisotopic (exact) mass is 530 g/mol. The molecule has 3 aromatic carbocycles. The first kappa shape index (κ1) is 24.8. The molecule has 2 heterocycles. The van der Waals surface area contributed by atoms with E-state index >= 15 is 0 Å². The van der Waals surface area contributed by atoms with Crippen molar-refractivity contribution in [3.63, 3.8) is 0 Å². The average Bonchev–Trinajstić information content (AvgIpc) is 3.42. The highest BCUT2D eigenvalue weighted by Crippen LogP contribution is 2.56. The van der Waals surface area contributed by atoms with Crippen molar-refractivity contribution in [3.05, 3.63) is 89.2 Å². The number of nitrogens with zero attached hydrogens (tertiary/aromatic N) is 2. The fraction of sp³-hybridized carbons (Fsp3) is 0.333. The molecular weight excluding hydrogens is 500 g/mol. The largest absolute Gasteiger partial charge is 0.498 e. The van der Waals surface area contributed by atoms with E-state index in [0.717, 1.165) is 27.5 Å². The van der Waals surface area contributed by atoms with Crippen molar-refractivity contribution in [1.82, 2.24) is 9.21 Å². The average molecular weight is 531 g/mol. The molecule has 2 saturated heterocycles. The molecule has 0 N–H and O–H groups in total. The summed E-state index contributed by atoms with van der Waals surface area (Å²) < 4.78 is 36.2. The standard InChI is InChI=1S/C30H30N2O5S/c1-4-37-25-16-23-26(30(34)31(3)29(23)33)24-17-32(38(35,36)20-14-12-18(2)13-15-20)28(27(24)25)22-11-7-9-19-8-5-6-10-21(19)22/h5-15,23-24,26,28H,4,16-17H2,1-3H3/t23-,24-,26-,28-/m0/s1. The number of allylic oxidation sites excluding steroid dienone is 1. The second-order valence-corrected chi connectivity index (χ2v) is 12.2. The molecule has 3 aromatic rings. The Bertz CT molecular complexity index is 1590. The Balaban J connectivity index is 1.61. The van der Waals surface area contributed by atoms with Gasteiger partial charge in [-0.05, 0) is 47.9 Å². The Morgan fingerprint density at radius 3 is 2.37 bits per heavy atom. The van der Waals surface area contributed by atoms with Gasteiger partial charge in [0, 0.05) is 25.9 Å². The summed E-state index contributed by atoms with van der Waals surface area (Å²) in [4.78, 5) is 27.8. The van der Waals surface area contributed by atoms with Crippen LogP contribution in [0.15, 0.2) is 83.0 Å². The summed E-state index contributed by atoms with van der Waals surface area (Å²) in [6.45, 7) is 4.28. The molecule has 2 amide bonds. The number of carbonyl (C=O) groups is 2. The van der Waals surface area contributed by atoms with Gasteiger partial charge < -0.3 is 4.74 Å². The molecule has 2 fully saturated rings. The van der Waals surface area contributed by atoms with E-state index in [1.165, 1.54) is 16.3 Å². The van der Waals surface area contributed by atoms with E-state index in [9.17, 15) is 18.0 Å². The molecule has 38 heavy (non-hydrogen) atoms. The van der Waals surface area contributed by atoms with E-state index in [0.29, 0.717) is 18.8 Å². The number of aryl methyl sites for hydroxylation is 1. The number of ether oxygens (including phenoxy) is 1. The SMILES string of the molecule is CCOC1=C2[C@@H](CN(S(=O)(=O)c3ccc(C)cc3)[C@H]2c2cccc3ccccc23)[C@H]2C(=O)N(C)C(=O)[C@H]2C1. The van der Waals surface area contributed by atoms with Crippen molar-refractivity contribution in [3.8, 4) is 0 Å². The van der Waals surface area contributed by atoms with Crippen molar-refractivity contribution in [2.24, 2.45) is 17.8 Å². The molecule has 0 unspecified atom stereocenters. The van der Waals surface area contributed by atoms with Gasteiger partial charge in [-0.2, -0.15) is 4.31 Å². The van der Waals surface area contributed by atoms with Gasteiger partial charge in [0.2, 0.25) is 21.8 Å². The predicted molar refractivity (Wildman–Crippen MR) is 143 cm³/mol. The first-order valence-electron chi connectivity index (χ1n) is 13.0. The maximum Gasteiger partial charge on any atom is 0.243 e. The lowest BCUT2D eigenvalue weighted by molar-refractivity contribution is -0.138. The molecule has 4 atom stereocenters. The molecule has 0 radical (unpaired) electrons. The lowest BCUT2D eigenvalue weighted by Crippen LogP contribution is -2.35. The summed E-state index contributed by atoms with van der Waals surface area (Å²) in [6.07, 6.45) is 0.291. The minimum atomic E-state index is -3.96. The number of carbonyl (C=O) groups excluding carboxylic acids is 2. The topological polar surface area (TPSA) is 84.0 Å². The first-order valence-corrected chi connectivity index (χ1v) is 14.4. The summed E-state index contributed by atoms with van der Waals surface area (Å²) in [5.74, 6) is -1.45. The van der Waals surface area contributed by atoms with E-state index < -0.39 is 33.8 Å². The lowest BCUT2D eigenvalue weighted by atomic mass is 9.71. The van der Waals surface area contributed by atoms with Gasteiger partial charge in [0.05, 0.1) is 35.1 Å². The second kappa shape index (κ2) is 9.06. The first-order chi connectivity index (χ1) is 18.2. The van der Waals surface area contributed by atoms with Gasteiger partial charge in [-0.25, -0.2) is 8.42 Å². The normalized spacial score (nSPS) is 25.7. The summed E-state index contributed by atoms with van der Waals surface area (Å²) in [5.41, 5.74) is 2.61. The van der Waals surface area contributed by atoms with Crippen LogP contribution >= 0.6 is 0 Å². The number of hydrogen-bond donors (Lipinski definition) is 0. The molecule has 2 aliphatic heterocycles. The summed E-state index contributed by atoms with van der Waals surface area (Å²) in [6, 6.07) is 20.0. The lowest BCUT2D eigenvalue weighted by Gasteiger charge is -2.32. The van der Waals surface area contributed by atoms with Crippen LogP contribution < -0.4 is 0 Å². The number of sulfonamides is 1. The van der Waals surface area contributed by atoms with Gasteiger partial charge in [-0.3, -0.25) is 14.5 Å². The van der Waals surface area contributed by atoms with Gasteiger partial charge in [-0.1, -0.05) is 60.2 Å². The Morgan fingerprint density at radius 1 is 0.921 bits per heavy atom. The molecule has 3 aliphatic rings. The zero-order chi connectivity index (χ0) is 26.8. The van der Waals surface area contributed by atoms with Crippen LogP contribution in [-0.4, -0.2) is 49.6 Å². The molecule has 0 bridgehead atoms. The van der Waals surface area contributed by atoms with Gasteiger partial charge in [-0.15, -0.1) is 0 Å². The number of hydrogen-bond acceptors (Lipinski definition) is 5. The van der Waals surface area contributed by atoms with E-state index in [1.807, 2.05) is 56.3 Å². The fourth-order valence-electron chi connectivity index (χ4n) is 6.52. The van der Waals surface area contributed by atoms with Gasteiger partial charge in [0.1, 0.15) is 0 Å². The van der Waals surface area contributed by atoms with Crippen LogP contribution in [0, 0.1) is 24.7 Å². The zero-order valence-corrected chi connectivity index (χ0v) is 22.4. The molecule has 0 saturated carbocycles. The minimum absolute atomic E-state index is 0.101. The quantitative estimate of drug-likeness (QED) is 0.456. The summed E-state index contributed by atoms with van der Waals surface area (Å²) >= 11 is 0. The van der Waals surface area contributed by atoms with Gasteiger partial charge in [0.15, 0.2) is 0 Å². The molecular formula is C30H30N2O5S. The molecule has 8 heteroatoms. The van der Waals surface area contributed by atoms with Crippen LogP contribution in [0.1, 0.15) is 30.5 Å². The molecule has 1 aliphatic carbocycles. The van der Waals surface area contributed by atoms with Gasteiger partial charge >= 0.3 is 0 Å². The number of rotatable bonds is 5. The third-order valence-corrected chi connectivity index (χ3v) is 10.1. The van der Waals surface area contributed by atoms with E-state index in [2.05, 4.69) is 0 Å². The highest BCUT2D eigenvalue weighted by atomic mass is 32.2. The van der Waals surface area contributed by atoms with Crippen LogP contribution in [-0.2, 0) is 24.3 Å². The van der Waals surface area contributed by atoms with Crippen LogP contribution in [0.25, 0.3) is 10.8 Å². The maximum absolute atomic E-state index is 14.3. The molecule has 0 spiro atoms. The van der Waals surface area contributed by atoms with Crippen molar-refractivity contribution in [1.29, 1.82) is 0 Å². The van der Waals surface area contributed by atoms with Crippen LogP contribution in [0.3, 0.4) is 0 Å². The summed E-state index contributed by atoms with van der Waals surface area (Å²) in [7, 11) is -2.44. The molecule has 0 aromatic heterocycles. The maximum atomic E-state index is 14.3. The van der Waals surface area contributed by atoms with Crippen LogP contribution in [0.5, 0.6) is 0 Å². The summed E-state index contributed by atoms with van der Waals surface area (Å²) in [5, 5.41) is 1.95. The third kappa shape index (κ3) is 3.61. The highest BCUT2D eigenvalue weighted by molar-refractivity contribution is 7.89. The van der Waals surface area contributed by atoms with Crippen LogP contribution in [0.4, 0.5) is 0 Å². The van der Waals surface area contributed by atoms with Crippen LogP contribution in [0.2, 0.25) is 0 Å². The Hall–Kier alpha value is -3.49. The number of amides is 2. The molecule has 7 nitrogen and oxygen atoms in total. The van der Waals surface area contributed by atoms with Crippen molar-refractivity contribution in [2.45, 2.75) is 31.2 Å². The second-order valence-electron chi connectivity index (χ2n) is 10.3. The zero-order valence-electron chi connectivity index (χ0n) is 21.6. The Morgan fingerprint density at radius 2 is 1.63 bits per heavy atom. The Labute approximate surface area is 222 Å². The molecule has 6 rings (SSSR count). The molecule has 196 valence electrons. The Kier molecular flexibility index (Phi) is 5.92. The van der Waals surface area contributed by atoms with Crippen molar-refractivity contribution >= 4 is 32.6 Å². The number of benzene rings is 3. The minimum Gasteiger partial charge on any atom is -0.498 e. The van der Waals surface area contributed by atoms with E-state index in [1.54, 1.807) is 24.3 Å². The number of imide groups is 1. The van der Waals surface area contributed by atoms with Gasteiger partial charge in [0.25, 0.3) is 0 Å². The number of likely N-dealkylation sites (tertiary alicyclic amines) is 1. The fourth-order valence-corrected chi connectivity index (χ4v) is 8.14. The van der Waals surface area contributed by atoms with E-state index in [-0.39, 0.29) is 23.3 Å². The number of fused-ring (bicyclic) bond motifs is 4. The highest BCUT2D eigenvalue weighted by Gasteiger charge is 2.60. The predicted octanol–water partition coefficient (Wildman–Crippen LogP) is 4.44.